The van der Waals surface area contributed by atoms with E-state index in [9.17, 15) is 9.59 Å². The highest BCUT2D eigenvalue weighted by Gasteiger charge is 2.09. The van der Waals surface area contributed by atoms with Crippen molar-refractivity contribution in [2.45, 2.75) is 6.92 Å². The lowest BCUT2D eigenvalue weighted by atomic mass is 10.0. The van der Waals surface area contributed by atoms with Gasteiger partial charge in [0.15, 0.2) is 5.78 Å². The van der Waals surface area contributed by atoms with Crippen molar-refractivity contribution in [3.63, 3.8) is 0 Å². The van der Waals surface area contributed by atoms with Crippen molar-refractivity contribution in [3.05, 3.63) is 76.3 Å². The lowest BCUT2D eigenvalue weighted by molar-refractivity contribution is -0.138. The second-order valence-corrected chi connectivity index (χ2v) is 5.79. The van der Waals surface area contributed by atoms with Gasteiger partial charge in [-0.15, -0.1) is 0 Å². The number of hydrogen-bond acceptors (Lipinski definition) is 4. The van der Waals surface area contributed by atoms with Crippen LogP contribution in [0.5, 0.6) is 5.75 Å². The number of benzene rings is 2. The number of rotatable bonds is 7. The maximum absolute atomic E-state index is 12.3. The molecule has 0 aromatic heterocycles. The molecule has 0 aliphatic rings. The summed E-state index contributed by atoms with van der Waals surface area (Å²) in [6.07, 6.45) is 2.97. The van der Waals surface area contributed by atoms with Gasteiger partial charge in [0.1, 0.15) is 19.0 Å². The van der Waals surface area contributed by atoms with Crippen molar-refractivity contribution in [3.8, 4) is 5.75 Å². The number of carbonyl (C=O) groups excluding carboxylic acids is 2. The molecule has 0 saturated carbocycles. The van der Waals surface area contributed by atoms with Crippen LogP contribution in [0.3, 0.4) is 0 Å². The normalized spacial score (nSPS) is 10.6. The van der Waals surface area contributed by atoms with Crippen LogP contribution in [0.15, 0.2) is 65.2 Å². The zero-order valence-corrected chi connectivity index (χ0v) is 14.8. The smallest absolute Gasteiger partial charge is 0.330 e. The van der Waals surface area contributed by atoms with E-state index in [-0.39, 0.29) is 19.0 Å². The summed E-state index contributed by atoms with van der Waals surface area (Å²) in [5.41, 5.74) is 1.21. The summed E-state index contributed by atoms with van der Waals surface area (Å²) in [5, 5.41) is 0. The van der Waals surface area contributed by atoms with Crippen molar-refractivity contribution in [1.82, 2.24) is 0 Å². The molecule has 24 heavy (non-hydrogen) atoms. The van der Waals surface area contributed by atoms with Crippen LogP contribution >= 0.6 is 15.9 Å². The average molecular weight is 389 g/mol. The Labute approximate surface area is 149 Å². The molecular weight excluding hydrogens is 372 g/mol. The molecule has 2 aromatic rings. The first kappa shape index (κ1) is 17.9. The Morgan fingerprint density at radius 1 is 0.958 bits per heavy atom. The van der Waals surface area contributed by atoms with Gasteiger partial charge in [-0.1, -0.05) is 22.0 Å². The molecule has 0 aliphatic carbocycles. The van der Waals surface area contributed by atoms with Crippen LogP contribution in [0.4, 0.5) is 0 Å². The Balaban J connectivity index is 1.87. The second kappa shape index (κ2) is 9.03. The van der Waals surface area contributed by atoms with Gasteiger partial charge in [-0.3, -0.25) is 4.79 Å². The van der Waals surface area contributed by atoms with E-state index in [1.54, 1.807) is 49.4 Å². The molecule has 0 amide bonds. The van der Waals surface area contributed by atoms with Crippen LogP contribution in [0.2, 0.25) is 0 Å². The van der Waals surface area contributed by atoms with E-state index in [1.807, 2.05) is 12.1 Å². The highest BCUT2D eigenvalue weighted by molar-refractivity contribution is 9.10. The molecule has 4 nitrogen and oxygen atoms in total. The predicted molar refractivity (Wildman–Crippen MR) is 95.3 cm³/mol. The number of ether oxygens (including phenoxy) is 2. The number of hydrogen-bond donors (Lipinski definition) is 0. The fourth-order valence-electron chi connectivity index (χ4n) is 1.96. The molecule has 0 atom stereocenters. The van der Waals surface area contributed by atoms with E-state index in [0.29, 0.717) is 16.9 Å². The fraction of sp³-hybridized carbons (Fsp3) is 0.158. The summed E-state index contributed by atoms with van der Waals surface area (Å²) in [5.74, 6) is 0.176. The first-order valence-electron chi connectivity index (χ1n) is 7.42. The third-order valence-corrected chi connectivity index (χ3v) is 3.65. The summed E-state index contributed by atoms with van der Waals surface area (Å²) < 4.78 is 11.3. The van der Waals surface area contributed by atoms with Gasteiger partial charge < -0.3 is 9.47 Å². The summed E-state index contributed by atoms with van der Waals surface area (Å²) >= 11 is 3.34. The van der Waals surface area contributed by atoms with Gasteiger partial charge in [0, 0.05) is 21.7 Å². The van der Waals surface area contributed by atoms with Gasteiger partial charge in [-0.05, 0) is 55.5 Å². The number of esters is 1. The van der Waals surface area contributed by atoms with E-state index < -0.39 is 5.97 Å². The SMILES string of the molecule is CC=CC(=O)OCCOc1ccc(C(=O)c2ccc(Br)cc2)cc1. The van der Waals surface area contributed by atoms with Crippen molar-refractivity contribution in [2.24, 2.45) is 0 Å². The van der Waals surface area contributed by atoms with Crippen LogP contribution in [0.25, 0.3) is 0 Å². The largest absolute Gasteiger partial charge is 0.490 e. The predicted octanol–water partition coefficient (Wildman–Crippen LogP) is 4.18. The Kier molecular flexibility index (Phi) is 6.75. The van der Waals surface area contributed by atoms with E-state index in [1.165, 1.54) is 6.08 Å². The molecule has 0 saturated heterocycles. The average Bonchev–Trinajstić information content (AvgIpc) is 2.60. The minimum absolute atomic E-state index is 0.0469. The van der Waals surface area contributed by atoms with Crippen molar-refractivity contribution in [1.29, 1.82) is 0 Å². The Bertz CT molecular complexity index is 718. The van der Waals surface area contributed by atoms with Gasteiger partial charge >= 0.3 is 5.97 Å². The summed E-state index contributed by atoms with van der Waals surface area (Å²) in [6.45, 7) is 2.17. The molecule has 2 aromatic carbocycles. The molecule has 0 spiro atoms. The van der Waals surface area contributed by atoms with Gasteiger partial charge in [0.05, 0.1) is 0 Å². The summed E-state index contributed by atoms with van der Waals surface area (Å²) in [6, 6.07) is 14.1. The lowest BCUT2D eigenvalue weighted by Crippen LogP contribution is -2.10. The summed E-state index contributed by atoms with van der Waals surface area (Å²) in [4.78, 5) is 23.5. The van der Waals surface area contributed by atoms with E-state index in [4.69, 9.17) is 9.47 Å². The van der Waals surface area contributed by atoms with Gasteiger partial charge in [-0.25, -0.2) is 4.79 Å². The molecular formula is C19H17BrO4. The van der Waals surface area contributed by atoms with Crippen LogP contribution < -0.4 is 4.74 Å². The molecule has 0 radical (unpaired) electrons. The maximum Gasteiger partial charge on any atom is 0.330 e. The van der Waals surface area contributed by atoms with Gasteiger partial charge in [-0.2, -0.15) is 0 Å². The Morgan fingerprint density at radius 3 is 2.12 bits per heavy atom. The molecule has 0 aliphatic heterocycles. The van der Waals surface area contributed by atoms with E-state index >= 15 is 0 Å². The van der Waals surface area contributed by atoms with Gasteiger partial charge in [0.25, 0.3) is 0 Å². The molecule has 0 unspecified atom stereocenters. The third kappa shape index (κ3) is 5.35. The first-order valence-corrected chi connectivity index (χ1v) is 8.22. The minimum atomic E-state index is -0.392. The monoisotopic (exact) mass is 388 g/mol. The zero-order valence-electron chi connectivity index (χ0n) is 13.2. The molecule has 0 fully saturated rings. The van der Waals surface area contributed by atoms with Crippen LogP contribution in [-0.4, -0.2) is 25.0 Å². The molecule has 5 heteroatoms. The fourth-order valence-corrected chi connectivity index (χ4v) is 2.22. The first-order chi connectivity index (χ1) is 11.6. The maximum atomic E-state index is 12.3. The van der Waals surface area contributed by atoms with Crippen LogP contribution in [-0.2, 0) is 9.53 Å². The van der Waals surface area contributed by atoms with E-state index in [0.717, 1.165) is 4.47 Å². The molecule has 0 heterocycles. The third-order valence-electron chi connectivity index (χ3n) is 3.12. The number of halogens is 1. The van der Waals surface area contributed by atoms with E-state index in [2.05, 4.69) is 15.9 Å². The minimum Gasteiger partial charge on any atom is -0.490 e. The van der Waals surface area contributed by atoms with Gasteiger partial charge in [0.2, 0.25) is 0 Å². The Morgan fingerprint density at radius 2 is 1.54 bits per heavy atom. The highest BCUT2D eigenvalue weighted by atomic mass is 79.9. The molecule has 0 N–H and O–H groups in total. The molecule has 2 rings (SSSR count). The molecule has 0 bridgehead atoms. The quantitative estimate of drug-likeness (QED) is 0.309. The van der Waals surface area contributed by atoms with Crippen molar-refractivity contribution in [2.75, 3.05) is 13.2 Å². The van der Waals surface area contributed by atoms with Crippen molar-refractivity contribution >= 4 is 27.7 Å². The highest BCUT2D eigenvalue weighted by Crippen LogP contribution is 2.17. The van der Waals surface area contributed by atoms with Crippen molar-refractivity contribution < 1.29 is 19.1 Å². The Hall–Kier alpha value is -2.40. The molecule has 124 valence electrons. The number of carbonyl (C=O) groups is 2. The zero-order chi connectivity index (χ0) is 17.4. The number of ketones is 1. The summed E-state index contributed by atoms with van der Waals surface area (Å²) in [7, 11) is 0. The standard InChI is InChI=1S/C19H17BrO4/c1-2-3-18(21)24-13-12-23-17-10-6-15(7-11-17)19(22)14-4-8-16(20)9-5-14/h2-11H,12-13H2,1H3. The van der Waals surface area contributed by atoms with Crippen LogP contribution in [0, 0.1) is 0 Å². The lowest BCUT2D eigenvalue weighted by Gasteiger charge is -2.07. The van der Waals surface area contributed by atoms with Crippen LogP contribution in [0.1, 0.15) is 22.8 Å². The topological polar surface area (TPSA) is 52.6 Å². The second-order valence-electron chi connectivity index (χ2n) is 4.88. The number of allylic oxidation sites excluding steroid dienone is 1.